The maximum absolute atomic E-state index is 12.6. The van der Waals surface area contributed by atoms with E-state index < -0.39 is 0 Å². The van der Waals surface area contributed by atoms with Crippen molar-refractivity contribution in [2.75, 3.05) is 13.2 Å². The first-order valence-corrected chi connectivity index (χ1v) is 11.0. The summed E-state index contributed by atoms with van der Waals surface area (Å²) in [5.41, 5.74) is 3.53. The van der Waals surface area contributed by atoms with Gasteiger partial charge in [0.05, 0.1) is 24.4 Å². The maximum Gasteiger partial charge on any atom is 0.250 e. The molecule has 30 heavy (non-hydrogen) atoms. The van der Waals surface area contributed by atoms with Gasteiger partial charge in [0.1, 0.15) is 11.5 Å². The van der Waals surface area contributed by atoms with Gasteiger partial charge in [0, 0.05) is 25.9 Å². The van der Waals surface area contributed by atoms with Gasteiger partial charge in [-0.3, -0.25) is 9.59 Å². The molecule has 2 heterocycles. The van der Waals surface area contributed by atoms with E-state index >= 15 is 0 Å². The van der Waals surface area contributed by atoms with Crippen molar-refractivity contribution in [2.24, 2.45) is 0 Å². The molecule has 0 fully saturated rings. The molecule has 3 rings (SSSR count). The second-order valence-corrected chi connectivity index (χ2v) is 7.60. The van der Waals surface area contributed by atoms with Gasteiger partial charge in [-0.05, 0) is 36.8 Å². The molecule has 1 aromatic carbocycles. The normalized spacial score (nSPS) is 16.6. The molecule has 6 heteroatoms. The Morgan fingerprint density at radius 2 is 1.30 bits per heavy atom. The van der Waals surface area contributed by atoms with Crippen molar-refractivity contribution in [3.63, 3.8) is 0 Å². The fraction of sp³-hybridized carbons (Fsp3) is 0.500. The van der Waals surface area contributed by atoms with Crippen LogP contribution in [0.15, 0.2) is 46.9 Å². The number of benzene rings is 1. The van der Waals surface area contributed by atoms with E-state index in [0.29, 0.717) is 26.3 Å². The van der Waals surface area contributed by atoms with E-state index in [1.165, 1.54) is 0 Å². The van der Waals surface area contributed by atoms with Gasteiger partial charge in [-0.15, -0.1) is 0 Å². The molecular weight excluding hydrogens is 380 g/mol. The molecule has 1 aromatic rings. The summed E-state index contributed by atoms with van der Waals surface area (Å²) in [6.07, 6.45) is 4.75. The molecular formula is C24H32N2O4. The number of nitrogens with one attached hydrogen (secondary N) is 2. The van der Waals surface area contributed by atoms with E-state index in [-0.39, 0.29) is 11.8 Å². The van der Waals surface area contributed by atoms with Crippen LogP contribution in [0, 0.1) is 0 Å². The van der Waals surface area contributed by atoms with E-state index in [1.807, 2.05) is 38.1 Å². The van der Waals surface area contributed by atoms with Crippen LogP contribution >= 0.6 is 0 Å². The first-order chi connectivity index (χ1) is 14.6. The fourth-order valence-corrected chi connectivity index (χ4v) is 3.88. The maximum atomic E-state index is 12.6. The van der Waals surface area contributed by atoms with Crippen LogP contribution in [-0.2, 0) is 32.2 Å². The second kappa shape index (κ2) is 10.9. The Morgan fingerprint density at radius 1 is 0.833 bits per heavy atom. The van der Waals surface area contributed by atoms with Crippen LogP contribution in [0.2, 0.25) is 0 Å². The van der Waals surface area contributed by atoms with E-state index in [4.69, 9.17) is 9.47 Å². The van der Waals surface area contributed by atoms with Crippen LogP contribution in [0.5, 0.6) is 0 Å². The lowest BCUT2D eigenvalue weighted by Crippen LogP contribution is -2.28. The standard InChI is InChI=1S/C24H32N2O4/c1-3-21-19(10-6-12-29-21)23(27)25-15-17-8-5-9-18(14-17)16-26-24(28)20-11-7-13-30-22(20)4-2/h5,8-9,14H,3-4,6-7,10-13,15-16H2,1-2H3,(H,25,27)(H,26,28). The number of amides is 2. The van der Waals surface area contributed by atoms with Gasteiger partial charge < -0.3 is 20.1 Å². The molecule has 6 nitrogen and oxygen atoms in total. The average Bonchev–Trinajstić information content (AvgIpc) is 2.81. The van der Waals surface area contributed by atoms with Crippen LogP contribution in [0.4, 0.5) is 0 Å². The largest absolute Gasteiger partial charge is 0.497 e. The number of allylic oxidation sites excluding steroid dienone is 2. The summed E-state index contributed by atoms with van der Waals surface area (Å²) in [4.78, 5) is 25.1. The summed E-state index contributed by atoms with van der Waals surface area (Å²) < 4.78 is 11.2. The average molecular weight is 413 g/mol. The monoisotopic (exact) mass is 412 g/mol. The predicted molar refractivity (Wildman–Crippen MR) is 115 cm³/mol. The number of hydrogen-bond acceptors (Lipinski definition) is 4. The molecule has 2 amide bonds. The van der Waals surface area contributed by atoms with Gasteiger partial charge in [-0.25, -0.2) is 0 Å². The molecule has 2 aliphatic rings. The quantitative estimate of drug-likeness (QED) is 0.680. The van der Waals surface area contributed by atoms with Crippen LogP contribution in [0.3, 0.4) is 0 Å². The van der Waals surface area contributed by atoms with E-state index in [2.05, 4.69) is 10.6 Å². The summed E-state index contributed by atoms with van der Waals surface area (Å²) >= 11 is 0. The van der Waals surface area contributed by atoms with Crippen molar-refractivity contribution < 1.29 is 19.1 Å². The molecule has 2 aliphatic heterocycles. The first-order valence-electron chi connectivity index (χ1n) is 11.0. The summed E-state index contributed by atoms with van der Waals surface area (Å²) in [6, 6.07) is 7.92. The number of carbonyl (C=O) groups excluding carboxylic acids is 2. The van der Waals surface area contributed by atoms with Gasteiger partial charge in [0.15, 0.2) is 0 Å². The lowest BCUT2D eigenvalue weighted by Gasteiger charge is -2.20. The van der Waals surface area contributed by atoms with Gasteiger partial charge >= 0.3 is 0 Å². The van der Waals surface area contributed by atoms with Gasteiger partial charge in [0.2, 0.25) is 0 Å². The number of rotatable bonds is 8. The van der Waals surface area contributed by atoms with Crippen LogP contribution in [-0.4, -0.2) is 25.0 Å². The van der Waals surface area contributed by atoms with Crippen molar-refractivity contribution in [1.82, 2.24) is 10.6 Å². The number of hydrogen-bond donors (Lipinski definition) is 2. The highest BCUT2D eigenvalue weighted by atomic mass is 16.5. The van der Waals surface area contributed by atoms with Crippen LogP contribution in [0.25, 0.3) is 0 Å². The molecule has 0 spiro atoms. The van der Waals surface area contributed by atoms with E-state index in [1.54, 1.807) is 0 Å². The Labute approximate surface area is 178 Å². The third kappa shape index (κ3) is 5.65. The molecule has 0 aromatic heterocycles. The van der Waals surface area contributed by atoms with Crippen molar-refractivity contribution in [3.05, 3.63) is 58.1 Å². The highest BCUT2D eigenvalue weighted by Gasteiger charge is 2.20. The molecule has 0 atom stereocenters. The van der Waals surface area contributed by atoms with Gasteiger partial charge in [0.25, 0.3) is 11.8 Å². The van der Waals surface area contributed by atoms with E-state index in [9.17, 15) is 9.59 Å². The first kappa shape index (κ1) is 21.9. The lowest BCUT2D eigenvalue weighted by atomic mass is 10.0. The minimum absolute atomic E-state index is 0.0541. The number of carbonyl (C=O) groups is 2. The topological polar surface area (TPSA) is 76.7 Å². The second-order valence-electron chi connectivity index (χ2n) is 7.60. The SMILES string of the molecule is CCC1=C(C(=O)NCc2cccc(CNC(=O)C3=C(CC)OCCC3)c2)CCCO1. The minimum atomic E-state index is -0.0541. The molecule has 0 saturated carbocycles. The summed E-state index contributed by atoms with van der Waals surface area (Å²) in [7, 11) is 0. The Hall–Kier alpha value is -2.76. The molecule has 162 valence electrons. The molecule has 0 unspecified atom stereocenters. The molecule has 0 saturated heterocycles. The summed E-state index contributed by atoms with van der Waals surface area (Å²) in [6.45, 7) is 6.28. The smallest absolute Gasteiger partial charge is 0.250 e. The molecule has 0 bridgehead atoms. The van der Waals surface area contributed by atoms with Gasteiger partial charge in [-0.1, -0.05) is 38.1 Å². The predicted octanol–water partition coefficient (Wildman–Crippen LogP) is 3.87. The Bertz CT molecular complexity index is 776. The van der Waals surface area contributed by atoms with Crippen molar-refractivity contribution in [1.29, 1.82) is 0 Å². The van der Waals surface area contributed by atoms with Crippen LogP contribution < -0.4 is 10.6 Å². The third-order valence-corrected chi connectivity index (χ3v) is 5.46. The van der Waals surface area contributed by atoms with Gasteiger partial charge in [-0.2, -0.15) is 0 Å². The van der Waals surface area contributed by atoms with Crippen LogP contribution in [0.1, 0.15) is 63.5 Å². The highest BCUT2D eigenvalue weighted by molar-refractivity contribution is 5.94. The van der Waals surface area contributed by atoms with E-state index in [0.717, 1.165) is 72.3 Å². The Kier molecular flexibility index (Phi) is 7.94. The van der Waals surface area contributed by atoms with Crippen molar-refractivity contribution >= 4 is 11.8 Å². The van der Waals surface area contributed by atoms with Crippen molar-refractivity contribution in [3.8, 4) is 0 Å². The number of ether oxygens (including phenoxy) is 2. The Morgan fingerprint density at radius 3 is 1.73 bits per heavy atom. The zero-order valence-electron chi connectivity index (χ0n) is 18.0. The zero-order valence-corrected chi connectivity index (χ0v) is 18.0. The summed E-state index contributed by atoms with van der Waals surface area (Å²) in [5.74, 6) is 1.51. The zero-order chi connectivity index (χ0) is 21.3. The fourth-order valence-electron chi connectivity index (χ4n) is 3.88. The summed E-state index contributed by atoms with van der Waals surface area (Å²) in [5, 5.41) is 6.00. The molecule has 0 radical (unpaired) electrons. The lowest BCUT2D eigenvalue weighted by molar-refractivity contribution is -0.119. The van der Waals surface area contributed by atoms with Crippen molar-refractivity contribution in [2.45, 2.75) is 65.5 Å². The minimum Gasteiger partial charge on any atom is -0.497 e. The molecule has 0 aliphatic carbocycles. The third-order valence-electron chi connectivity index (χ3n) is 5.46. The highest BCUT2D eigenvalue weighted by Crippen LogP contribution is 2.22. The molecule has 2 N–H and O–H groups in total. The Balaban J connectivity index is 1.56.